The summed E-state index contributed by atoms with van der Waals surface area (Å²) in [7, 11) is 1.46. The first-order valence-corrected chi connectivity index (χ1v) is 10.2. The average molecular weight is 416 g/mol. The van der Waals surface area contributed by atoms with E-state index in [1.54, 1.807) is 12.4 Å². The molecule has 0 radical (unpaired) electrons. The van der Waals surface area contributed by atoms with Gasteiger partial charge in [-0.3, -0.25) is 9.88 Å². The van der Waals surface area contributed by atoms with Crippen LogP contribution in [0.25, 0.3) is 11.1 Å². The second-order valence-corrected chi connectivity index (χ2v) is 7.84. The Morgan fingerprint density at radius 1 is 1.06 bits per heavy atom. The van der Waals surface area contributed by atoms with Crippen molar-refractivity contribution in [3.05, 3.63) is 89.2 Å². The smallest absolute Gasteiger partial charge is 0.410 e. The number of carbonyl (C=O) groups is 2. The quantitative estimate of drug-likeness (QED) is 0.649. The minimum Gasteiger partial charge on any atom is -0.480 e. The molecule has 1 atom stereocenters. The molecule has 1 N–H and O–H groups in total. The predicted octanol–water partition coefficient (Wildman–Crippen LogP) is 4.27. The molecule has 0 saturated heterocycles. The number of carboxylic acids is 1. The Morgan fingerprint density at radius 2 is 1.68 bits per heavy atom. The number of aryl methyl sites for hydroxylation is 1. The highest BCUT2D eigenvalue weighted by atomic mass is 16.6. The Bertz CT molecular complexity index is 1080. The van der Waals surface area contributed by atoms with Gasteiger partial charge in [0.1, 0.15) is 12.6 Å². The van der Waals surface area contributed by atoms with Crippen LogP contribution in [0.5, 0.6) is 0 Å². The molecule has 6 nitrogen and oxygen atoms in total. The summed E-state index contributed by atoms with van der Waals surface area (Å²) in [5.41, 5.74) is 6.20. The number of aromatic nitrogens is 1. The fraction of sp³-hybridized carbons (Fsp3) is 0.240. The standard InChI is InChI=1S/C25H24N2O4/c1-16-11-17(14-26-13-16)12-23(24(28)29)27(2)25(30)31-15-22-20-9-5-3-7-18(20)19-8-4-6-10-21(19)22/h3-11,13-14,22-23H,12,15H2,1-2H3,(H,28,29). The van der Waals surface area contributed by atoms with Crippen molar-refractivity contribution >= 4 is 12.1 Å². The van der Waals surface area contributed by atoms with Crippen molar-refractivity contribution in [3.8, 4) is 11.1 Å². The van der Waals surface area contributed by atoms with Crippen molar-refractivity contribution in [2.75, 3.05) is 13.7 Å². The van der Waals surface area contributed by atoms with Gasteiger partial charge in [0.15, 0.2) is 0 Å². The van der Waals surface area contributed by atoms with Crippen LogP contribution in [0, 0.1) is 6.92 Å². The highest BCUT2D eigenvalue weighted by molar-refractivity contribution is 5.81. The molecule has 1 aliphatic carbocycles. The van der Waals surface area contributed by atoms with Crippen LogP contribution in [-0.2, 0) is 16.0 Å². The Hall–Kier alpha value is -3.67. The minimum atomic E-state index is -1.09. The summed E-state index contributed by atoms with van der Waals surface area (Å²) >= 11 is 0. The molecule has 0 bridgehead atoms. The third-order valence-corrected chi connectivity index (χ3v) is 5.74. The van der Waals surface area contributed by atoms with E-state index in [1.165, 1.54) is 7.05 Å². The van der Waals surface area contributed by atoms with Crippen LogP contribution in [0.15, 0.2) is 67.0 Å². The molecule has 158 valence electrons. The van der Waals surface area contributed by atoms with Gasteiger partial charge in [0.25, 0.3) is 0 Å². The molecular formula is C25H24N2O4. The molecule has 1 unspecified atom stereocenters. The maximum atomic E-state index is 12.8. The van der Waals surface area contributed by atoms with E-state index in [-0.39, 0.29) is 18.9 Å². The number of fused-ring (bicyclic) bond motifs is 3. The lowest BCUT2D eigenvalue weighted by Crippen LogP contribution is -2.44. The van der Waals surface area contributed by atoms with E-state index in [2.05, 4.69) is 17.1 Å². The molecule has 3 aromatic rings. The number of amides is 1. The van der Waals surface area contributed by atoms with Crippen molar-refractivity contribution < 1.29 is 19.4 Å². The number of benzene rings is 2. The first-order valence-electron chi connectivity index (χ1n) is 10.2. The zero-order valence-electron chi connectivity index (χ0n) is 17.5. The largest absolute Gasteiger partial charge is 0.480 e. The van der Waals surface area contributed by atoms with Crippen molar-refractivity contribution in [1.29, 1.82) is 0 Å². The number of aliphatic carboxylic acids is 1. The van der Waals surface area contributed by atoms with Crippen molar-refractivity contribution in [2.24, 2.45) is 0 Å². The number of nitrogens with zero attached hydrogens (tertiary/aromatic N) is 2. The number of pyridine rings is 1. The molecule has 1 heterocycles. The Kier molecular flexibility index (Phi) is 5.71. The molecule has 0 aliphatic heterocycles. The molecule has 4 rings (SSSR count). The maximum absolute atomic E-state index is 12.8. The van der Waals surface area contributed by atoms with Crippen LogP contribution in [0.2, 0.25) is 0 Å². The fourth-order valence-electron chi connectivity index (χ4n) is 4.17. The number of hydrogen-bond acceptors (Lipinski definition) is 4. The maximum Gasteiger partial charge on any atom is 0.410 e. The summed E-state index contributed by atoms with van der Waals surface area (Å²) < 4.78 is 5.60. The van der Waals surface area contributed by atoms with E-state index in [0.717, 1.165) is 38.3 Å². The molecule has 2 aromatic carbocycles. The van der Waals surface area contributed by atoms with Crippen LogP contribution in [0.3, 0.4) is 0 Å². The van der Waals surface area contributed by atoms with Gasteiger partial charge in [-0.25, -0.2) is 9.59 Å². The van der Waals surface area contributed by atoms with Crippen molar-refractivity contribution in [3.63, 3.8) is 0 Å². The summed E-state index contributed by atoms with van der Waals surface area (Å²) in [6, 6.07) is 17.0. The lowest BCUT2D eigenvalue weighted by Gasteiger charge is -2.25. The van der Waals surface area contributed by atoms with E-state index in [4.69, 9.17) is 4.74 Å². The summed E-state index contributed by atoms with van der Waals surface area (Å²) in [6.07, 6.45) is 2.82. The summed E-state index contributed by atoms with van der Waals surface area (Å²) in [5.74, 6) is -1.16. The number of likely N-dealkylation sites (N-methyl/N-ethyl adjacent to an activating group) is 1. The van der Waals surface area contributed by atoms with Crippen molar-refractivity contribution in [1.82, 2.24) is 9.88 Å². The number of carbonyl (C=O) groups excluding carboxylic acids is 1. The predicted molar refractivity (Wildman–Crippen MR) is 117 cm³/mol. The molecule has 1 aliphatic rings. The molecule has 1 amide bonds. The Labute approximate surface area is 181 Å². The normalized spacial score (nSPS) is 13.2. The molecular weight excluding hydrogens is 392 g/mol. The number of rotatable bonds is 6. The molecule has 0 spiro atoms. The number of ether oxygens (including phenoxy) is 1. The number of hydrogen-bond donors (Lipinski definition) is 1. The van der Waals surface area contributed by atoms with E-state index >= 15 is 0 Å². The zero-order valence-corrected chi connectivity index (χ0v) is 17.5. The third kappa shape index (κ3) is 4.14. The second-order valence-electron chi connectivity index (χ2n) is 7.84. The highest BCUT2D eigenvalue weighted by Crippen LogP contribution is 2.44. The number of carboxylic acid groups (broad SMARTS) is 1. The van der Waals surface area contributed by atoms with Crippen LogP contribution >= 0.6 is 0 Å². The van der Waals surface area contributed by atoms with E-state index < -0.39 is 18.1 Å². The van der Waals surface area contributed by atoms with Crippen LogP contribution in [0.1, 0.15) is 28.2 Å². The van der Waals surface area contributed by atoms with E-state index in [1.807, 2.05) is 49.4 Å². The van der Waals surface area contributed by atoms with Gasteiger partial charge in [0.05, 0.1) is 0 Å². The van der Waals surface area contributed by atoms with Crippen LogP contribution in [-0.4, -0.2) is 46.7 Å². The van der Waals surface area contributed by atoms with Gasteiger partial charge in [-0.1, -0.05) is 54.6 Å². The zero-order chi connectivity index (χ0) is 22.0. The Balaban J connectivity index is 1.48. The molecule has 31 heavy (non-hydrogen) atoms. The third-order valence-electron chi connectivity index (χ3n) is 5.74. The van der Waals surface area contributed by atoms with Crippen molar-refractivity contribution in [2.45, 2.75) is 25.3 Å². The monoisotopic (exact) mass is 416 g/mol. The first-order chi connectivity index (χ1) is 15.0. The van der Waals surface area contributed by atoms with Gasteiger partial charge in [-0.15, -0.1) is 0 Å². The molecule has 1 aromatic heterocycles. The van der Waals surface area contributed by atoms with Gasteiger partial charge in [0.2, 0.25) is 0 Å². The fourth-order valence-corrected chi connectivity index (χ4v) is 4.17. The summed E-state index contributed by atoms with van der Waals surface area (Å²) in [5, 5.41) is 9.69. The lowest BCUT2D eigenvalue weighted by atomic mass is 9.98. The van der Waals surface area contributed by atoms with Gasteiger partial charge < -0.3 is 9.84 Å². The highest BCUT2D eigenvalue weighted by Gasteiger charge is 2.32. The van der Waals surface area contributed by atoms with Gasteiger partial charge in [-0.05, 0) is 40.3 Å². The van der Waals surface area contributed by atoms with E-state index in [0.29, 0.717) is 0 Å². The molecule has 0 fully saturated rings. The molecule has 0 saturated carbocycles. The van der Waals surface area contributed by atoms with Crippen LogP contribution in [0.4, 0.5) is 4.79 Å². The van der Waals surface area contributed by atoms with Gasteiger partial charge >= 0.3 is 12.1 Å². The van der Waals surface area contributed by atoms with E-state index in [9.17, 15) is 14.7 Å². The minimum absolute atomic E-state index is 0.0750. The Morgan fingerprint density at radius 3 is 2.26 bits per heavy atom. The summed E-state index contributed by atoms with van der Waals surface area (Å²) in [6.45, 7) is 2.04. The molecule has 6 heteroatoms. The first kappa shape index (κ1) is 20.6. The average Bonchev–Trinajstić information content (AvgIpc) is 3.09. The lowest BCUT2D eigenvalue weighted by molar-refractivity contribution is -0.142. The summed E-state index contributed by atoms with van der Waals surface area (Å²) in [4.78, 5) is 29.9. The SMILES string of the molecule is Cc1cncc(CC(C(=O)O)N(C)C(=O)OCC2c3ccccc3-c3ccccc32)c1. The second kappa shape index (κ2) is 8.60. The topological polar surface area (TPSA) is 79.7 Å². The van der Waals surface area contributed by atoms with Gasteiger partial charge in [0, 0.05) is 31.8 Å². The van der Waals surface area contributed by atoms with Crippen LogP contribution < -0.4 is 0 Å². The van der Waals surface area contributed by atoms with Gasteiger partial charge in [-0.2, -0.15) is 0 Å².